The number of benzene rings is 9. The normalized spacial score (nSPS) is 11.3. The topological polar surface area (TPSA) is 0 Å². The fourth-order valence-corrected chi connectivity index (χ4v) is 7.48. The smallest absolute Gasteiger partial charge is 0.00261 e. The van der Waals surface area contributed by atoms with Crippen LogP contribution < -0.4 is 0 Å². The van der Waals surface area contributed by atoms with Crippen LogP contribution in [0, 0.1) is 0 Å². The van der Waals surface area contributed by atoms with Crippen LogP contribution in [0.25, 0.3) is 88.0 Å². The predicted molar refractivity (Wildman–Crippen MR) is 206 cm³/mol. The summed E-state index contributed by atoms with van der Waals surface area (Å²) in [5.74, 6) is 0. The molecule has 9 aromatic rings. The Labute approximate surface area is 281 Å². The van der Waals surface area contributed by atoms with Crippen molar-refractivity contribution in [2.45, 2.75) is 0 Å². The molecule has 0 aromatic heterocycles. The standard InChI is InChI=1S/C48H32/c1-3-15-33(16-4-1)36-20-13-21-37(31-36)39-22-7-8-23-40(39)41-28-14-19-34-29-30-38(32-46(34)41)48-44-26-11-9-24-42(44)47(35-17-5-2-6-18-35)43-25-10-12-27-45(43)48/h1-32H. The quantitative estimate of drug-likeness (QED) is 0.171. The predicted octanol–water partition coefficient (Wildman–Crippen LogP) is 13.5. The van der Waals surface area contributed by atoms with Crippen molar-refractivity contribution in [2.75, 3.05) is 0 Å². The van der Waals surface area contributed by atoms with Crippen molar-refractivity contribution in [2.24, 2.45) is 0 Å². The van der Waals surface area contributed by atoms with E-state index in [1.54, 1.807) is 0 Å². The van der Waals surface area contributed by atoms with Gasteiger partial charge in [0.1, 0.15) is 0 Å². The monoisotopic (exact) mass is 608 g/mol. The van der Waals surface area contributed by atoms with Crippen molar-refractivity contribution >= 4 is 32.3 Å². The molecule has 0 fully saturated rings. The van der Waals surface area contributed by atoms with E-state index in [1.807, 2.05) is 0 Å². The average molecular weight is 609 g/mol. The Hall–Kier alpha value is -6.24. The van der Waals surface area contributed by atoms with Crippen LogP contribution in [0.15, 0.2) is 194 Å². The average Bonchev–Trinajstić information content (AvgIpc) is 3.17. The molecule has 0 saturated heterocycles. The maximum Gasteiger partial charge on any atom is -0.00261 e. The first kappa shape index (κ1) is 28.0. The van der Waals surface area contributed by atoms with Gasteiger partial charge in [0.15, 0.2) is 0 Å². The van der Waals surface area contributed by atoms with Gasteiger partial charge in [-0.2, -0.15) is 0 Å². The minimum atomic E-state index is 1.22. The number of hydrogen-bond acceptors (Lipinski definition) is 0. The first-order chi connectivity index (χ1) is 23.8. The maximum atomic E-state index is 2.41. The molecule has 0 amide bonds. The molecular formula is C48H32. The van der Waals surface area contributed by atoms with Gasteiger partial charge in [-0.3, -0.25) is 0 Å². The Morgan fingerprint density at radius 1 is 0.208 bits per heavy atom. The van der Waals surface area contributed by atoms with Crippen molar-refractivity contribution in [3.05, 3.63) is 194 Å². The van der Waals surface area contributed by atoms with E-state index in [0.29, 0.717) is 0 Å². The third-order valence-corrected chi connectivity index (χ3v) is 9.66. The van der Waals surface area contributed by atoms with Crippen LogP contribution in [0.5, 0.6) is 0 Å². The van der Waals surface area contributed by atoms with E-state index in [0.717, 1.165) is 0 Å². The summed E-state index contributed by atoms with van der Waals surface area (Å²) in [6.45, 7) is 0. The summed E-state index contributed by atoms with van der Waals surface area (Å²) in [6.07, 6.45) is 0. The van der Waals surface area contributed by atoms with Crippen LogP contribution >= 0.6 is 0 Å². The second-order valence-electron chi connectivity index (χ2n) is 12.4. The van der Waals surface area contributed by atoms with Gasteiger partial charge in [0.25, 0.3) is 0 Å². The molecule has 0 saturated carbocycles. The van der Waals surface area contributed by atoms with Gasteiger partial charge >= 0.3 is 0 Å². The molecule has 0 atom stereocenters. The summed E-state index contributed by atoms with van der Waals surface area (Å²) >= 11 is 0. The number of hydrogen-bond donors (Lipinski definition) is 0. The number of fused-ring (bicyclic) bond motifs is 3. The Bertz CT molecular complexity index is 2540. The Balaban J connectivity index is 1.27. The zero-order chi connectivity index (χ0) is 31.9. The van der Waals surface area contributed by atoms with E-state index in [4.69, 9.17) is 0 Å². The van der Waals surface area contributed by atoms with Crippen LogP contribution in [-0.4, -0.2) is 0 Å². The highest BCUT2D eigenvalue weighted by molar-refractivity contribution is 6.22. The summed E-state index contributed by atoms with van der Waals surface area (Å²) in [4.78, 5) is 0. The van der Waals surface area contributed by atoms with Crippen molar-refractivity contribution in [1.29, 1.82) is 0 Å². The van der Waals surface area contributed by atoms with E-state index in [9.17, 15) is 0 Å². The highest BCUT2D eigenvalue weighted by Gasteiger charge is 2.18. The molecule has 0 bridgehead atoms. The van der Waals surface area contributed by atoms with Crippen LogP contribution in [0.2, 0.25) is 0 Å². The van der Waals surface area contributed by atoms with E-state index < -0.39 is 0 Å². The molecule has 0 heterocycles. The molecule has 0 heteroatoms. The molecule has 48 heavy (non-hydrogen) atoms. The van der Waals surface area contributed by atoms with Gasteiger partial charge in [0.2, 0.25) is 0 Å². The SMILES string of the molecule is c1ccc(-c2cccc(-c3ccccc3-c3cccc4ccc(-c5c6ccccc6c(-c6ccccc6)c6ccccc56)cc34)c2)cc1. The van der Waals surface area contributed by atoms with Crippen molar-refractivity contribution in [3.8, 4) is 55.6 Å². The highest BCUT2D eigenvalue weighted by atomic mass is 14.2. The second kappa shape index (κ2) is 11.8. The van der Waals surface area contributed by atoms with Gasteiger partial charge in [-0.1, -0.05) is 182 Å². The lowest BCUT2D eigenvalue weighted by Crippen LogP contribution is -1.91. The lowest BCUT2D eigenvalue weighted by Gasteiger charge is -2.19. The molecule has 0 N–H and O–H groups in total. The minimum Gasteiger partial charge on any atom is -0.0622 e. The fourth-order valence-electron chi connectivity index (χ4n) is 7.48. The van der Waals surface area contributed by atoms with Crippen LogP contribution in [0.3, 0.4) is 0 Å². The van der Waals surface area contributed by atoms with Crippen molar-refractivity contribution in [1.82, 2.24) is 0 Å². The van der Waals surface area contributed by atoms with Crippen LogP contribution in [0.4, 0.5) is 0 Å². The van der Waals surface area contributed by atoms with E-state index in [1.165, 1.54) is 88.0 Å². The molecule has 0 aliphatic carbocycles. The van der Waals surface area contributed by atoms with E-state index in [-0.39, 0.29) is 0 Å². The first-order valence-corrected chi connectivity index (χ1v) is 16.6. The minimum absolute atomic E-state index is 1.22. The lowest BCUT2D eigenvalue weighted by molar-refractivity contribution is 1.58. The molecule has 9 rings (SSSR count). The largest absolute Gasteiger partial charge is 0.0622 e. The van der Waals surface area contributed by atoms with E-state index in [2.05, 4.69) is 194 Å². The second-order valence-corrected chi connectivity index (χ2v) is 12.4. The first-order valence-electron chi connectivity index (χ1n) is 16.6. The molecule has 0 nitrogen and oxygen atoms in total. The highest BCUT2D eigenvalue weighted by Crippen LogP contribution is 2.45. The summed E-state index contributed by atoms with van der Waals surface area (Å²) in [7, 11) is 0. The van der Waals surface area contributed by atoms with Gasteiger partial charge in [0, 0.05) is 0 Å². The fraction of sp³-hybridized carbons (Fsp3) is 0. The van der Waals surface area contributed by atoms with Gasteiger partial charge in [0.05, 0.1) is 0 Å². The molecular weight excluding hydrogens is 577 g/mol. The summed E-state index contributed by atoms with van der Waals surface area (Å²) in [5, 5.41) is 7.57. The van der Waals surface area contributed by atoms with Gasteiger partial charge < -0.3 is 0 Å². The van der Waals surface area contributed by atoms with E-state index >= 15 is 0 Å². The molecule has 0 radical (unpaired) electrons. The van der Waals surface area contributed by atoms with Gasteiger partial charge in [-0.05, 0) is 100 Å². The summed E-state index contributed by atoms with van der Waals surface area (Å²) in [6, 6.07) is 70.7. The molecule has 0 aliphatic heterocycles. The Morgan fingerprint density at radius 2 is 0.688 bits per heavy atom. The molecule has 0 unspecified atom stereocenters. The summed E-state index contributed by atoms with van der Waals surface area (Å²) < 4.78 is 0. The molecule has 9 aromatic carbocycles. The van der Waals surface area contributed by atoms with Crippen LogP contribution in [-0.2, 0) is 0 Å². The third kappa shape index (κ3) is 4.78. The molecule has 0 aliphatic rings. The van der Waals surface area contributed by atoms with Gasteiger partial charge in [-0.15, -0.1) is 0 Å². The molecule has 224 valence electrons. The molecule has 0 spiro atoms. The van der Waals surface area contributed by atoms with Gasteiger partial charge in [-0.25, -0.2) is 0 Å². The lowest BCUT2D eigenvalue weighted by atomic mass is 9.85. The van der Waals surface area contributed by atoms with Crippen molar-refractivity contribution in [3.63, 3.8) is 0 Å². The third-order valence-electron chi connectivity index (χ3n) is 9.66. The number of rotatable bonds is 5. The zero-order valence-corrected chi connectivity index (χ0v) is 26.5. The maximum absolute atomic E-state index is 2.41. The Morgan fingerprint density at radius 3 is 1.35 bits per heavy atom. The Kier molecular flexibility index (Phi) is 6.91. The summed E-state index contributed by atoms with van der Waals surface area (Å²) in [5.41, 5.74) is 12.4. The van der Waals surface area contributed by atoms with Crippen molar-refractivity contribution < 1.29 is 0 Å². The van der Waals surface area contributed by atoms with Crippen LogP contribution in [0.1, 0.15) is 0 Å². The zero-order valence-electron chi connectivity index (χ0n) is 26.5.